The SMILES string of the molecule is Fc1ccc(NC(=S)NCCSCc2ccc(Cl)c(Cl)c2)c(F)c1. The molecule has 0 saturated carbocycles. The summed E-state index contributed by atoms with van der Waals surface area (Å²) in [6.45, 7) is 0.612. The third-order valence-corrected chi connectivity index (χ3v) is 4.98. The van der Waals surface area contributed by atoms with Gasteiger partial charge in [-0.1, -0.05) is 29.3 Å². The average Bonchev–Trinajstić information content (AvgIpc) is 2.53. The highest BCUT2D eigenvalue weighted by Gasteiger charge is 2.05. The Morgan fingerprint density at radius 2 is 1.88 bits per heavy atom. The second-order valence-electron chi connectivity index (χ2n) is 4.81. The molecule has 0 atom stereocenters. The molecule has 0 amide bonds. The van der Waals surface area contributed by atoms with Gasteiger partial charge in [-0.05, 0) is 42.0 Å². The van der Waals surface area contributed by atoms with Crippen LogP contribution in [0.3, 0.4) is 0 Å². The third kappa shape index (κ3) is 6.09. The number of rotatable bonds is 6. The van der Waals surface area contributed by atoms with Crippen molar-refractivity contribution < 1.29 is 8.78 Å². The molecule has 8 heteroatoms. The molecule has 0 fully saturated rings. The number of thioether (sulfide) groups is 1. The summed E-state index contributed by atoms with van der Waals surface area (Å²) in [5, 5.41) is 7.04. The molecule has 0 saturated heterocycles. The summed E-state index contributed by atoms with van der Waals surface area (Å²) in [5.41, 5.74) is 1.22. The maximum absolute atomic E-state index is 13.5. The molecule has 128 valence electrons. The van der Waals surface area contributed by atoms with Crippen LogP contribution in [0.5, 0.6) is 0 Å². The lowest BCUT2D eigenvalue weighted by molar-refractivity contribution is 0.586. The Balaban J connectivity index is 1.68. The molecular formula is C16H14Cl2F2N2S2. The average molecular weight is 407 g/mol. The minimum absolute atomic E-state index is 0.136. The number of benzene rings is 2. The van der Waals surface area contributed by atoms with E-state index in [0.717, 1.165) is 23.1 Å². The third-order valence-electron chi connectivity index (χ3n) is 2.96. The second-order valence-corrected chi connectivity index (χ2v) is 7.13. The number of halogens is 4. The van der Waals surface area contributed by atoms with Crippen molar-refractivity contribution in [1.82, 2.24) is 5.32 Å². The molecule has 0 aromatic heterocycles. The fourth-order valence-electron chi connectivity index (χ4n) is 1.81. The first kappa shape index (κ1) is 19.2. The zero-order valence-corrected chi connectivity index (χ0v) is 15.6. The summed E-state index contributed by atoms with van der Waals surface area (Å²) < 4.78 is 26.3. The molecule has 2 rings (SSSR count). The maximum atomic E-state index is 13.5. The summed E-state index contributed by atoms with van der Waals surface area (Å²) >= 11 is 18.6. The van der Waals surface area contributed by atoms with E-state index >= 15 is 0 Å². The highest BCUT2D eigenvalue weighted by molar-refractivity contribution is 7.98. The van der Waals surface area contributed by atoms with Crippen LogP contribution in [0.1, 0.15) is 5.56 Å². The molecule has 0 aliphatic rings. The van der Waals surface area contributed by atoms with E-state index in [4.69, 9.17) is 35.4 Å². The van der Waals surface area contributed by atoms with Crippen LogP contribution in [0.4, 0.5) is 14.5 Å². The molecule has 0 radical (unpaired) electrons. The van der Waals surface area contributed by atoms with Crippen molar-refractivity contribution in [3.05, 3.63) is 63.6 Å². The van der Waals surface area contributed by atoms with E-state index in [1.807, 2.05) is 12.1 Å². The molecule has 0 aliphatic carbocycles. The molecular weight excluding hydrogens is 393 g/mol. The van der Waals surface area contributed by atoms with Crippen molar-refractivity contribution in [3.63, 3.8) is 0 Å². The van der Waals surface area contributed by atoms with Gasteiger partial charge >= 0.3 is 0 Å². The number of nitrogens with one attached hydrogen (secondary N) is 2. The van der Waals surface area contributed by atoms with Crippen molar-refractivity contribution >= 4 is 58.0 Å². The fraction of sp³-hybridized carbons (Fsp3) is 0.188. The Morgan fingerprint density at radius 1 is 1.08 bits per heavy atom. The van der Waals surface area contributed by atoms with Crippen LogP contribution >= 0.6 is 47.2 Å². The monoisotopic (exact) mass is 406 g/mol. The second kappa shape index (κ2) is 9.42. The van der Waals surface area contributed by atoms with Gasteiger partial charge in [0.15, 0.2) is 5.11 Å². The first-order valence-corrected chi connectivity index (χ1v) is 9.29. The Labute approximate surface area is 158 Å². The summed E-state index contributed by atoms with van der Waals surface area (Å²) in [6.07, 6.45) is 0. The minimum Gasteiger partial charge on any atom is -0.362 e. The number of hydrogen-bond donors (Lipinski definition) is 2. The Bertz CT molecular complexity index is 729. The van der Waals surface area contributed by atoms with E-state index < -0.39 is 11.6 Å². The molecule has 0 bridgehead atoms. The topological polar surface area (TPSA) is 24.1 Å². The van der Waals surface area contributed by atoms with Gasteiger partial charge in [-0.3, -0.25) is 0 Å². The minimum atomic E-state index is -0.687. The first-order chi connectivity index (χ1) is 11.5. The van der Waals surface area contributed by atoms with E-state index in [1.165, 1.54) is 12.1 Å². The van der Waals surface area contributed by atoms with Crippen molar-refractivity contribution in [2.24, 2.45) is 0 Å². The van der Waals surface area contributed by atoms with Crippen molar-refractivity contribution in [2.75, 3.05) is 17.6 Å². The van der Waals surface area contributed by atoms with Gasteiger partial charge in [0.1, 0.15) is 11.6 Å². The fourth-order valence-corrected chi connectivity index (χ4v) is 3.15. The first-order valence-electron chi connectivity index (χ1n) is 6.97. The Hall–Kier alpha value is -1.08. The quantitative estimate of drug-likeness (QED) is 0.489. The Kier molecular flexibility index (Phi) is 7.55. The molecule has 0 spiro atoms. The number of anilines is 1. The summed E-state index contributed by atoms with van der Waals surface area (Å²) in [6, 6.07) is 8.82. The van der Waals surface area contributed by atoms with Gasteiger partial charge in [0, 0.05) is 24.1 Å². The summed E-state index contributed by atoms with van der Waals surface area (Å²) in [7, 11) is 0. The van der Waals surface area contributed by atoms with E-state index in [-0.39, 0.29) is 10.8 Å². The highest BCUT2D eigenvalue weighted by atomic mass is 35.5. The molecule has 2 aromatic rings. The van der Waals surface area contributed by atoms with Gasteiger partial charge in [-0.25, -0.2) is 8.78 Å². The predicted molar refractivity (Wildman–Crippen MR) is 103 cm³/mol. The van der Waals surface area contributed by atoms with E-state index in [2.05, 4.69) is 10.6 Å². The van der Waals surface area contributed by atoms with Gasteiger partial charge in [0.05, 0.1) is 15.7 Å². The van der Waals surface area contributed by atoms with Gasteiger partial charge in [-0.2, -0.15) is 11.8 Å². The molecule has 2 N–H and O–H groups in total. The van der Waals surface area contributed by atoms with Crippen molar-refractivity contribution in [1.29, 1.82) is 0 Å². The standard InChI is InChI=1S/C16H14Cl2F2N2S2/c17-12-3-1-10(7-13(12)18)9-24-6-5-21-16(23)22-15-4-2-11(19)8-14(15)20/h1-4,7-8H,5-6,9H2,(H2,21,22,23). The molecule has 2 nitrogen and oxygen atoms in total. The highest BCUT2D eigenvalue weighted by Crippen LogP contribution is 2.24. The van der Waals surface area contributed by atoms with Crippen LogP contribution in [0.2, 0.25) is 10.0 Å². The van der Waals surface area contributed by atoms with Crippen LogP contribution in [0.25, 0.3) is 0 Å². The largest absolute Gasteiger partial charge is 0.362 e. The number of thiocarbonyl (C=S) groups is 1. The van der Waals surface area contributed by atoms with E-state index in [0.29, 0.717) is 16.6 Å². The van der Waals surface area contributed by atoms with Gasteiger partial charge < -0.3 is 10.6 Å². The summed E-state index contributed by atoms with van der Waals surface area (Å²) in [4.78, 5) is 0. The van der Waals surface area contributed by atoms with Crippen LogP contribution in [-0.4, -0.2) is 17.4 Å². The van der Waals surface area contributed by atoms with Crippen molar-refractivity contribution in [2.45, 2.75) is 5.75 Å². The van der Waals surface area contributed by atoms with Crippen LogP contribution in [-0.2, 0) is 5.75 Å². The van der Waals surface area contributed by atoms with Crippen LogP contribution < -0.4 is 10.6 Å². The van der Waals surface area contributed by atoms with Gasteiger partial charge in [-0.15, -0.1) is 0 Å². The molecule has 0 unspecified atom stereocenters. The Morgan fingerprint density at radius 3 is 2.58 bits per heavy atom. The smallest absolute Gasteiger partial charge is 0.170 e. The van der Waals surface area contributed by atoms with Crippen LogP contribution in [0.15, 0.2) is 36.4 Å². The lowest BCUT2D eigenvalue weighted by atomic mass is 10.2. The lowest BCUT2D eigenvalue weighted by Gasteiger charge is -2.11. The summed E-state index contributed by atoms with van der Waals surface area (Å²) in [5.74, 6) is 0.281. The van der Waals surface area contributed by atoms with Crippen molar-refractivity contribution in [3.8, 4) is 0 Å². The van der Waals surface area contributed by atoms with Gasteiger partial charge in [0.25, 0.3) is 0 Å². The molecule has 0 heterocycles. The molecule has 24 heavy (non-hydrogen) atoms. The molecule has 0 aliphatic heterocycles. The lowest BCUT2D eigenvalue weighted by Crippen LogP contribution is -2.30. The van der Waals surface area contributed by atoms with E-state index in [9.17, 15) is 8.78 Å². The predicted octanol–water partition coefficient (Wildman–Crippen LogP) is 5.49. The normalized spacial score (nSPS) is 10.5. The van der Waals surface area contributed by atoms with Crippen LogP contribution in [0, 0.1) is 11.6 Å². The number of hydrogen-bond acceptors (Lipinski definition) is 2. The van der Waals surface area contributed by atoms with E-state index in [1.54, 1.807) is 17.8 Å². The maximum Gasteiger partial charge on any atom is 0.170 e. The van der Waals surface area contributed by atoms with Gasteiger partial charge in [0.2, 0.25) is 0 Å². The zero-order valence-electron chi connectivity index (χ0n) is 12.4. The molecule has 2 aromatic carbocycles. The zero-order chi connectivity index (χ0) is 17.5.